The van der Waals surface area contributed by atoms with E-state index < -0.39 is 0 Å². The second-order valence-corrected chi connectivity index (χ2v) is 8.44. The Kier molecular flexibility index (Phi) is 6.26. The molecule has 2 fully saturated rings. The Morgan fingerprint density at radius 2 is 1.70 bits per heavy atom. The van der Waals surface area contributed by atoms with E-state index in [9.17, 15) is 9.59 Å². The van der Waals surface area contributed by atoms with Gasteiger partial charge in [-0.2, -0.15) is 5.10 Å². The number of hydrazone groups is 1. The third-order valence-electron chi connectivity index (χ3n) is 6.21. The predicted octanol–water partition coefficient (Wildman–Crippen LogP) is 4.85. The van der Waals surface area contributed by atoms with Gasteiger partial charge in [-0.15, -0.1) is 0 Å². The van der Waals surface area contributed by atoms with Crippen LogP contribution in [0.15, 0.2) is 59.7 Å². The van der Waals surface area contributed by atoms with Crippen molar-refractivity contribution in [2.24, 2.45) is 16.9 Å². The summed E-state index contributed by atoms with van der Waals surface area (Å²) in [4.78, 5) is 24.9. The lowest BCUT2D eigenvalue weighted by atomic mass is 9.88. The van der Waals surface area contributed by atoms with Gasteiger partial charge in [-0.1, -0.05) is 61.7 Å². The summed E-state index contributed by atoms with van der Waals surface area (Å²) in [6.07, 6.45) is 6.32. The maximum absolute atomic E-state index is 12.5. The topological polar surface area (TPSA) is 70.6 Å². The molecule has 0 bridgehead atoms. The SMILES string of the molecule is C/C(=N\NC(=O)C1CC1c1ccccc1)c1cccc(NC(=O)C2CCCCC2)c1. The number of carbonyl (C=O) groups is 2. The molecule has 2 saturated carbocycles. The number of nitrogens with zero attached hydrogens (tertiary/aromatic N) is 1. The van der Waals surface area contributed by atoms with Crippen molar-refractivity contribution in [2.45, 2.75) is 51.4 Å². The summed E-state index contributed by atoms with van der Waals surface area (Å²) < 4.78 is 0. The van der Waals surface area contributed by atoms with E-state index in [1.54, 1.807) is 0 Å². The molecule has 2 unspecified atom stereocenters. The highest BCUT2D eigenvalue weighted by Crippen LogP contribution is 2.47. The van der Waals surface area contributed by atoms with Gasteiger partial charge in [0.15, 0.2) is 0 Å². The van der Waals surface area contributed by atoms with Crippen LogP contribution in [0, 0.1) is 11.8 Å². The first-order valence-corrected chi connectivity index (χ1v) is 10.9. The Hall–Kier alpha value is -2.95. The summed E-state index contributed by atoms with van der Waals surface area (Å²) in [6, 6.07) is 17.8. The highest BCUT2D eigenvalue weighted by molar-refractivity contribution is 6.01. The monoisotopic (exact) mass is 403 g/mol. The zero-order valence-corrected chi connectivity index (χ0v) is 17.4. The van der Waals surface area contributed by atoms with Crippen LogP contribution in [0.3, 0.4) is 0 Å². The van der Waals surface area contributed by atoms with Gasteiger partial charge in [0.25, 0.3) is 0 Å². The van der Waals surface area contributed by atoms with Gasteiger partial charge in [0.1, 0.15) is 0 Å². The van der Waals surface area contributed by atoms with Crippen molar-refractivity contribution in [1.29, 1.82) is 0 Å². The molecule has 2 N–H and O–H groups in total. The minimum absolute atomic E-state index is 0.00920. The summed E-state index contributed by atoms with van der Waals surface area (Å²) in [5.74, 6) is 0.470. The number of amides is 2. The third kappa shape index (κ3) is 4.96. The van der Waals surface area contributed by atoms with Crippen LogP contribution in [0.2, 0.25) is 0 Å². The zero-order valence-electron chi connectivity index (χ0n) is 17.4. The summed E-state index contributed by atoms with van der Waals surface area (Å²) in [6.45, 7) is 1.87. The molecule has 2 aromatic rings. The van der Waals surface area contributed by atoms with Gasteiger partial charge in [0.05, 0.1) is 5.71 Å². The van der Waals surface area contributed by atoms with Crippen LogP contribution in [0.4, 0.5) is 5.69 Å². The van der Waals surface area contributed by atoms with Gasteiger partial charge >= 0.3 is 0 Å². The van der Waals surface area contributed by atoms with Crippen LogP contribution >= 0.6 is 0 Å². The molecular weight excluding hydrogens is 374 g/mol. The lowest BCUT2D eigenvalue weighted by Crippen LogP contribution is -2.24. The molecule has 5 heteroatoms. The third-order valence-corrected chi connectivity index (χ3v) is 6.21. The van der Waals surface area contributed by atoms with Gasteiger partial charge in [-0.3, -0.25) is 9.59 Å². The molecular formula is C25H29N3O2. The molecule has 30 heavy (non-hydrogen) atoms. The number of benzene rings is 2. The van der Waals surface area contributed by atoms with E-state index in [0.717, 1.165) is 43.4 Å². The fourth-order valence-corrected chi connectivity index (χ4v) is 4.27. The van der Waals surface area contributed by atoms with Crippen LogP contribution in [0.1, 0.15) is 62.5 Å². The van der Waals surface area contributed by atoms with Gasteiger partial charge in [0, 0.05) is 17.5 Å². The summed E-state index contributed by atoms with van der Waals surface area (Å²) in [5.41, 5.74) is 6.30. The van der Waals surface area contributed by atoms with Crippen molar-refractivity contribution >= 4 is 23.2 Å². The minimum Gasteiger partial charge on any atom is -0.326 e. The molecule has 2 amide bonds. The number of rotatable bonds is 6. The molecule has 0 saturated heterocycles. The Morgan fingerprint density at radius 1 is 0.933 bits per heavy atom. The highest BCUT2D eigenvalue weighted by atomic mass is 16.2. The average molecular weight is 404 g/mol. The van der Waals surface area contributed by atoms with Crippen LogP contribution in [0.5, 0.6) is 0 Å². The van der Waals surface area contributed by atoms with E-state index in [1.807, 2.05) is 49.4 Å². The number of nitrogens with one attached hydrogen (secondary N) is 2. The van der Waals surface area contributed by atoms with Crippen LogP contribution in [-0.4, -0.2) is 17.5 Å². The quantitative estimate of drug-likeness (QED) is 0.535. The fraction of sp³-hybridized carbons (Fsp3) is 0.400. The second kappa shape index (κ2) is 9.24. The summed E-state index contributed by atoms with van der Waals surface area (Å²) in [7, 11) is 0. The number of anilines is 1. The van der Waals surface area contributed by atoms with Crippen molar-refractivity contribution in [3.8, 4) is 0 Å². The first-order valence-electron chi connectivity index (χ1n) is 10.9. The minimum atomic E-state index is -0.0371. The zero-order chi connectivity index (χ0) is 20.9. The molecule has 5 nitrogen and oxygen atoms in total. The maximum Gasteiger partial charge on any atom is 0.243 e. The van der Waals surface area contributed by atoms with E-state index in [1.165, 1.54) is 12.0 Å². The van der Waals surface area contributed by atoms with Crippen LogP contribution < -0.4 is 10.7 Å². The fourth-order valence-electron chi connectivity index (χ4n) is 4.27. The van der Waals surface area contributed by atoms with Crippen molar-refractivity contribution < 1.29 is 9.59 Å². The van der Waals surface area contributed by atoms with Crippen molar-refractivity contribution in [1.82, 2.24) is 5.43 Å². The van der Waals surface area contributed by atoms with Crippen molar-refractivity contribution in [2.75, 3.05) is 5.32 Å². The molecule has 0 heterocycles. The average Bonchev–Trinajstić information content (AvgIpc) is 3.60. The Morgan fingerprint density at radius 3 is 2.47 bits per heavy atom. The Balaban J connectivity index is 1.33. The number of hydrogen-bond acceptors (Lipinski definition) is 3. The van der Waals surface area contributed by atoms with Crippen LogP contribution in [-0.2, 0) is 9.59 Å². The van der Waals surface area contributed by atoms with Crippen molar-refractivity contribution in [3.63, 3.8) is 0 Å². The Bertz CT molecular complexity index is 932. The Labute approximate surface area is 178 Å². The summed E-state index contributed by atoms with van der Waals surface area (Å²) >= 11 is 0. The molecule has 0 spiro atoms. The van der Waals surface area contributed by atoms with E-state index in [2.05, 4.69) is 28.0 Å². The van der Waals surface area contributed by atoms with E-state index in [4.69, 9.17) is 0 Å². The lowest BCUT2D eigenvalue weighted by Gasteiger charge is -2.20. The van der Waals surface area contributed by atoms with E-state index >= 15 is 0 Å². The van der Waals surface area contributed by atoms with E-state index in [0.29, 0.717) is 11.6 Å². The molecule has 2 atom stereocenters. The molecule has 2 aromatic carbocycles. The maximum atomic E-state index is 12.5. The van der Waals surface area contributed by atoms with Gasteiger partial charge < -0.3 is 5.32 Å². The van der Waals surface area contributed by atoms with Gasteiger partial charge in [-0.05, 0) is 55.4 Å². The van der Waals surface area contributed by atoms with Gasteiger partial charge in [0.2, 0.25) is 11.8 Å². The van der Waals surface area contributed by atoms with Crippen LogP contribution in [0.25, 0.3) is 0 Å². The molecule has 0 radical (unpaired) electrons. The standard InChI is InChI=1S/C25H29N3O2/c1-17(27-28-25(30)23-16-22(23)18-9-4-2-5-10-18)20-13-8-14-21(15-20)26-24(29)19-11-6-3-7-12-19/h2,4-5,8-10,13-15,19,22-23H,3,6-7,11-12,16H2,1H3,(H,26,29)(H,28,30)/b27-17+. The summed E-state index contributed by atoms with van der Waals surface area (Å²) in [5, 5.41) is 7.34. The first-order chi connectivity index (χ1) is 14.6. The molecule has 2 aliphatic carbocycles. The molecule has 2 aliphatic rings. The molecule has 4 rings (SSSR count). The smallest absolute Gasteiger partial charge is 0.243 e. The molecule has 0 aliphatic heterocycles. The second-order valence-electron chi connectivity index (χ2n) is 8.44. The van der Waals surface area contributed by atoms with Gasteiger partial charge in [-0.25, -0.2) is 5.43 Å². The number of hydrogen-bond donors (Lipinski definition) is 2. The lowest BCUT2D eigenvalue weighted by molar-refractivity contribution is -0.122. The molecule has 156 valence electrons. The van der Waals surface area contributed by atoms with Crippen molar-refractivity contribution in [3.05, 3.63) is 65.7 Å². The highest BCUT2D eigenvalue weighted by Gasteiger charge is 2.43. The number of carbonyl (C=O) groups excluding carboxylic acids is 2. The van der Waals surface area contributed by atoms with E-state index in [-0.39, 0.29) is 23.7 Å². The largest absolute Gasteiger partial charge is 0.326 e. The molecule has 0 aromatic heterocycles. The predicted molar refractivity (Wildman–Crippen MR) is 119 cm³/mol. The normalized spacial score (nSPS) is 21.7. The first kappa shape index (κ1) is 20.3.